The molecule has 11 heteroatoms. The van der Waals surface area contributed by atoms with Crippen LogP contribution < -0.4 is 5.32 Å². The number of aryl methyl sites for hydroxylation is 2. The number of Topliss-reactive ketones (excluding diaryl/α,β-unsaturated/α-hetero) is 1. The molecule has 3 aromatic rings. The van der Waals surface area contributed by atoms with Crippen LogP contribution in [0, 0.1) is 5.92 Å². The monoisotopic (exact) mass is 550 g/mol. The molecule has 0 fully saturated rings. The molecule has 2 aromatic carbocycles. The topological polar surface area (TPSA) is 93.2 Å². The molecule has 1 N–H and O–H groups in total. The first-order chi connectivity index (χ1) is 17.5. The molecule has 196 valence electrons. The molecule has 1 aliphatic carbocycles. The van der Waals surface area contributed by atoms with Crippen molar-refractivity contribution in [1.29, 1.82) is 0 Å². The second kappa shape index (κ2) is 10.7. The number of aromatic nitrogens is 1. The van der Waals surface area contributed by atoms with Crippen LogP contribution in [0.1, 0.15) is 51.8 Å². The van der Waals surface area contributed by atoms with Gasteiger partial charge in [0.25, 0.3) is 0 Å². The summed E-state index contributed by atoms with van der Waals surface area (Å²) in [4.78, 5) is 30.6. The summed E-state index contributed by atoms with van der Waals surface area (Å²) in [6, 6.07) is 11.1. The van der Waals surface area contributed by atoms with Gasteiger partial charge in [-0.3, -0.25) is 9.59 Å². The summed E-state index contributed by atoms with van der Waals surface area (Å²) in [5.74, 6) is -0.644. The number of fused-ring (bicyclic) bond motifs is 1. The minimum Gasteiger partial charge on any atom is -0.302 e. The molecular weight excluding hydrogens is 525 g/mol. The highest BCUT2D eigenvalue weighted by atomic mass is 32.2. The predicted molar refractivity (Wildman–Crippen MR) is 135 cm³/mol. The van der Waals surface area contributed by atoms with E-state index in [0.29, 0.717) is 46.9 Å². The molecule has 37 heavy (non-hydrogen) atoms. The Balaban J connectivity index is 1.34. The van der Waals surface area contributed by atoms with Gasteiger partial charge in [0.15, 0.2) is 20.8 Å². The summed E-state index contributed by atoms with van der Waals surface area (Å²) in [5, 5.41) is 3.05. The van der Waals surface area contributed by atoms with E-state index < -0.39 is 21.6 Å². The highest BCUT2D eigenvalue weighted by Gasteiger charge is 2.32. The number of thiazole rings is 1. The van der Waals surface area contributed by atoms with Crippen molar-refractivity contribution in [3.63, 3.8) is 0 Å². The van der Waals surface area contributed by atoms with Crippen molar-refractivity contribution in [3.8, 4) is 0 Å². The number of amides is 1. The number of carbonyl (C=O) groups excluding carboxylic acids is 2. The van der Waals surface area contributed by atoms with Crippen molar-refractivity contribution < 1.29 is 31.2 Å². The van der Waals surface area contributed by atoms with Gasteiger partial charge in [-0.2, -0.15) is 13.2 Å². The molecule has 0 radical (unpaired) electrons. The lowest BCUT2D eigenvalue weighted by molar-refractivity contribution is -0.137. The molecule has 1 aliphatic rings. The van der Waals surface area contributed by atoms with Crippen molar-refractivity contribution in [3.05, 3.63) is 75.8 Å². The van der Waals surface area contributed by atoms with Crippen molar-refractivity contribution in [2.45, 2.75) is 50.1 Å². The molecule has 4 rings (SSSR count). The first-order valence-electron chi connectivity index (χ1n) is 11.8. The lowest BCUT2D eigenvalue weighted by Crippen LogP contribution is -2.22. The predicted octanol–water partition coefficient (Wildman–Crippen LogP) is 5.51. The number of nitrogens with one attached hydrogen (secondary N) is 1. The molecule has 1 aromatic heterocycles. The minimum absolute atomic E-state index is 0.00379. The quantitative estimate of drug-likeness (QED) is 0.399. The average Bonchev–Trinajstić information content (AvgIpc) is 3.27. The Labute approximate surface area is 216 Å². The largest absolute Gasteiger partial charge is 0.416 e. The molecule has 1 atom stereocenters. The number of hydrogen-bond acceptors (Lipinski definition) is 6. The zero-order valence-electron chi connectivity index (χ0n) is 20.0. The van der Waals surface area contributed by atoms with Crippen LogP contribution in [-0.4, -0.2) is 30.8 Å². The van der Waals surface area contributed by atoms with Crippen LogP contribution in [0.3, 0.4) is 0 Å². The number of hydrogen-bond donors (Lipinski definition) is 1. The van der Waals surface area contributed by atoms with E-state index in [0.717, 1.165) is 29.0 Å². The fourth-order valence-corrected chi connectivity index (χ4v) is 6.13. The van der Waals surface area contributed by atoms with Crippen LogP contribution in [-0.2, 0) is 40.1 Å². The van der Waals surface area contributed by atoms with E-state index in [1.54, 1.807) is 19.1 Å². The molecule has 0 bridgehead atoms. The van der Waals surface area contributed by atoms with Crippen LogP contribution in [0.2, 0.25) is 0 Å². The second-order valence-corrected chi connectivity index (χ2v) is 12.2. The van der Waals surface area contributed by atoms with Gasteiger partial charge in [-0.15, -0.1) is 0 Å². The Morgan fingerprint density at radius 1 is 1.08 bits per heavy atom. The number of rotatable bonds is 8. The molecule has 0 saturated heterocycles. The van der Waals surface area contributed by atoms with Crippen LogP contribution >= 0.6 is 11.3 Å². The first kappa shape index (κ1) is 27.0. The molecule has 0 saturated carbocycles. The van der Waals surface area contributed by atoms with E-state index in [1.165, 1.54) is 24.3 Å². The van der Waals surface area contributed by atoms with Crippen LogP contribution in [0.15, 0.2) is 53.4 Å². The van der Waals surface area contributed by atoms with E-state index in [-0.39, 0.29) is 34.7 Å². The molecule has 0 aliphatic heterocycles. The number of alkyl halides is 3. The third kappa shape index (κ3) is 6.45. The molecule has 1 amide bonds. The van der Waals surface area contributed by atoms with Gasteiger partial charge < -0.3 is 5.32 Å². The minimum atomic E-state index is -4.38. The van der Waals surface area contributed by atoms with Crippen LogP contribution in [0.5, 0.6) is 0 Å². The van der Waals surface area contributed by atoms with Crippen molar-refractivity contribution >= 4 is 38.0 Å². The maximum absolute atomic E-state index is 13.0. The maximum Gasteiger partial charge on any atom is 0.416 e. The third-order valence-electron chi connectivity index (χ3n) is 6.36. The number of carbonyl (C=O) groups is 2. The van der Waals surface area contributed by atoms with E-state index in [1.807, 2.05) is 0 Å². The zero-order chi connectivity index (χ0) is 26.8. The molecule has 0 spiro atoms. The summed E-state index contributed by atoms with van der Waals surface area (Å²) < 4.78 is 62.1. The van der Waals surface area contributed by atoms with Gasteiger partial charge in [0, 0.05) is 5.92 Å². The number of sulfone groups is 1. The van der Waals surface area contributed by atoms with E-state index in [2.05, 4.69) is 10.3 Å². The molecule has 6 nitrogen and oxygen atoms in total. The molecule has 1 heterocycles. The van der Waals surface area contributed by atoms with Crippen molar-refractivity contribution in [2.75, 3.05) is 11.1 Å². The standard InChI is InChI=1S/C26H25F3N2O4S2/c1-2-37(34,35)20-12-6-17(7-13-20)15-22(32)31-25-30-21-14-9-18(23(33)24(21)36-25)8-3-16-4-10-19(11-5-16)26(27,28)29/h4-7,10-13,18H,2-3,8-9,14-15H2,1H3,(H,30,31,32). The van der Waals surface area contributed by atoms with Crippen molar-refractivity contribution in [1.82, 2.24) is 4.98 Å². The maximum atomic E-state index is 13.0. The van der Waals surface area contributed by atoms with Gasteiger partial charge in [-0.25, -0.2) is 13.4 Å². The number of ketones is 1. The summed E-state index contributed by atoms with van der Waals surface area (Å²) >= 11 is 1.12. The number of benzene rings is 2. The second-order valence-electron chi connectivity index (χ2n) is 8.90. The van der Waals surface area contributed by atoms with Crippen LogP contribution in [0.4, 0.5) is 18.3 Å². The Morgan fingerprint density at radius 3 is 2.35 bits per heavy atom. The lowest BCUT2D eigenvalue weighted by Gasteiger charge is -2.19. The smallest absolute Gasteiger partial charge is 0.302 e. The van der Waals surface area contributed by atoms with Gasteiger partial charge in [-0.05, 0) is 61.1 Å². The molecule has 1 unspecified atom stereocenters. The fourth-order valence-electron chi connectivity index (χ4n) is 4.20. The number of halogens is 3. The van der Waals surface area contributed by atoms with Gasteiger partial charge in [-0.1, -0.05) is 42.5 Å². The summed E-state index contributed by atoms with van der Waals surface area (Å²) in [7, 11) is -3.31. The number of nitrogens with zero attached hydrogens (tertiary/aromatic N) is 1. The van der Waals surface area contributed by atoms with E-state index in [4.69, 9.17) is 0 Å². The van der Waals surface area contributed by atoms with E-state index in [9.17, 15) is 31.2 Å². The Hall–Kier alpha value is -3.05. The summed E-state index contributed by atoms with van der Waals surface area (Å²) in [6.45, 7) is 1.57. The summed E-state index contributed by atoms with van der Waals surface area (Å²) in [5.41, 5.74) is 1.33. The van der Waals surface area contributed by atoms with Crippen molar-refractivity contribution in [2.24, 2.45) is 5.92 Å². The average molecular weight is 551 g/mol. The van der Waals surface area contributed by atoms with Gasteiger partial charge in [0.1, 0.15) is 0 Å². The van der Waals surface area contributed by atoms with Gasteiger partial charge in [0.2, 0.25) is 5.91 Å². The normalized spacial score (nSPS) is 15.9. The third-order valence-corrected chi connectivity index (χ3v) is 9.14. The Kier molecular flexibility index (Phi) is 7.84. The first-order valence-corrected chi connectivity index (χ1v) is 14.2. The highest BCUT2D eigenvalue weighted by molar-refractivity contribution is 7.91. The molecular formula is C26H25F3N2O4S2. The fraction of sp³-hybridized carbons (Fsp3) is 0.346. The van der Waals surface area contributed by atoms with E-state index >= 15 is 0 Å². The zero-order valence-corrected chi connectivity index (χ0v) is 21.6. The van der Waals surface area contributed by atoms with Crippen LogP contribution in [0.25, 0.3) is 0 Å². The lowest BCUT2D eigenvalue weighted by atomic mass is 9.85. The van der Waals surface area contributed by atoms with Gasteiger partial charge in [0.05, 0.1) is 33.2 Å². The highest BCUT2D eigenvalue weighted by Crippen LogP contribution is 2.35. The summed E-state index contributed by atoms with van der Waals surface area (Å²) in [6.07, 6.45) is -2.16. The number of anilines is 1. The Morgan fingerprint density at radius 2 is 1.73 bits per heavy atom. The van der Waals surface area contributed by atoms with Gasteiger partial charge >= 0.3 is 6.18 Å². The Bertz CT molecular complexity index is 1400. The SMILES string of the molecule is CCS(=O)(=O)c1ccc(CC(=O)Nc2nc3c(s2)C(=O)C(CCc2ccc(C(F)(F)F)cc2)CC3)cc1.